The first-order valence-corrected chi connectivity index (χ1v) is 7.00. The van der Waals surface area contributed by atoms with Crippen molar-refractivity contribution >= 4 is 21.6 Å². The molecule has 0 unspecified atom stereocenters. The normalized spacial score (nSPS) is 22.1. The summed E-state index contributed by atoms with van der Waals surface area (Å²) >= 11 is 5.41. The second-order valence-electron chi connectivity index (χ2n) is 3.41. The minimum atomic E-state index is -3.20. The summed E-state index contributed by atoms with van der Waals surface area (Å²) < 4.78 is 24.5. The first kappa shape index (κ1) is 12.2. The van der Waals surface area contributed by atoms with Gasteiger partial charge in [0.1, 0.15) is 5.21 Å². The molecule has 0 aromatic rings. The standard InChI is InChI=1S/C8H17ClN2O2S/c1-2-10-4-3-5-11(7-6-10)14(12,13)8-9/h2-8H2,1H3. The molecule has 0 saturated carbocycles. The van der Waals surface area contributed by atoms with Crippen LogP contribution < -0.4 is 0 Å². The Balaban J connectivity index is 2.58. The molecule has 0 aromatic carbocycles. The van der Waals surface area contributed by atoms with Gasteiger partial charge in [-0.2, -0.15) is 4.31 Å². The number of alkyl halides is 1. The second kappa shape index (κ2) is 5.30. The van der Waals surface area contributed by atoms with E-state index >= 15 is 0 Å². The third kappa shape index (κ3) is 3.08. The number of rotatable bonds is 3. The lowest BCUT2D eigenvalue weighted by molar-refractivity contribution is 0.302. The third-order valence-corrected chi connectivity index (χ3v) is 4.78. The first-order valence-electron chi connectivity index (χ1n) is 4.86. The minimum Gasteiger partial charge on any atom is -0.302 e. The van der Waals surface area contributed by atoms with E-state index in [9.17, 15) is 8.42 Å². The zero-order chi connectivity index (χ0) is 10.6. The summed E-state index contributed by atoms with van der Waals surface area (Å²) in [6, 6.07) is 0. The summed E-state index contributed by atoms with van der Waals surface area (Å²) in [5.41, 5.74) is 0. The van der Waals surface area contributed by atoms with Gasteiger partial charge in [-0.05, 0) is 19.5 Å². The molecule has 84 valence electrons. The molecule has 0 amide bonds. The molecule has 0 spiro atoms. The van der Waals surface area contributed by atoms with Gasteiger partial charge in [0.2, 0.25) is 10.0 Å². The molecule has 1 heterocycles. The molecule has 1 fully saturated rings. The van der Waals surface area contributed by atoms with Gasteiger partial charge in [0.25, 0.3) is 0 Å². The van der Waals surface area contributed by atoms with E-state index in [1.54, 1.807) is 0 Å². The van der Waals surface area contributed by atoms with Gasteiger partial charge in [0, 0.05) is 19.6 Å². The van der Waals surface area contributed by atoms with Gasteiger partial charge in [-0.1, -0.05) is 6.92 Å². The number of halogens is 1. The Bertz CT molecular complexity index is 269. The number of nitrogens with zero attached hydrogens (tertiary/aromatic N) is 2. The molecule has 1 aliphatic rings. The Kier molecular flexibility index (Phi) is 4.63. The summed E-state index contributed by atoms with van der Waals surface area (Å²) in [6.45, 7) is 6.03. The van der Waals surface area contributed by atoms with Crippen LogP contribution in [0, 0.1) is 0 Å². The number of hydrogen-bond acceptors (Lipinski definition) is 3. The van der Waals surface area contributed by atoms with Gasteiger partial charge in [0.15, 0.2) is 0 Å². The molecule has 0 bridgehead atoms. The molecular formula is C8H17ClN2O2S. The van der Waals surface area contributed by atoms with Crippen LogP contribution in [0.1, 0.15) is 13.3 Å². The Labute approximate surface area is 90.9 Å². The lowest BCUT2D eigenvalue weighted by Gasteiger charge is -2.19. The van der Waals surface area contributed by atoms with E-state index in [2.05, 4.69) is 11.8 Å². The van der Waals surface area contributed by atoms with Crippen LogP contribution in [-0.2, 0) is 10.0 Å². The summed E-state index contributed by atoms with van der Waals surface area (Å²) in [5, 5.41) is -0.306. The molecule has 4 nitrogen and oxygen atoms in total. The van der Waals surface area contributed by atoms with E-state index in [0.717, 1.165) is 26.1 Å². The van der Waals surface area contributed by atoms with E-state index in [4.69, 9.17) is 11.6 Å². The Morgan fingerprint density at radius 1 is 1.21 bits per heavy atom. The fourth-order valence-electron chi connectivity index (χ4n) is 1.61. The van der Waals surface area contributed by atoms with Gasteiger partial charge in [-0.25, -0.2) is 8.42 Å². The van der Waals surface area contributed by atoms with Crippen LogP contribution in [0.2, 0.25) is 0 Å². The predicted molar refractivity (Wildman–Crippen MR) is 57.9 cm³/mol. The zero-order valence-corrected chi connectivity index (χ0v) is 10.0. The molecule has 0 N–H and O–H groups in total. The zero-order valence-electron chi connectivity index (χ0n) is 8.45. The maximum Gasteiger partial charge on any atom is 0.228 e. The van der Waals surface area contributed by atoms with Crippen molar-refractivity contribution in [3.8, 4) is 0 Å². The smallest absolute Gasteiger partial charge is 0.228 e. The summed E-state index contributed by atoms with van der Waals surface area (Å²) in [4.78, 5) is 2.25. The molecule has 0 radical (unpaired) electrons. The minimum absolute atomic E-state index is 0.306. The van der Waals surface area contributed by atoms with Crippen molar-refractivity contribution in [3.05, 3.63) is 0 Å². The maximum absolute atomic E-state index is 11.5. The summed E-state index contributed by atoms with van der Waals surface area (Å²) in [6.07, 6.45) is 0.893. The first-order chi connectivity index (χ1) is 6.60. The van der Waals surface area contributed by atoms with Crippen LogP contribution in [0.15, 0.2) is 0 Å². The predicted octanol–water partition coefficient (Wildman–Crippen LogP) is 0.540. The molecule has 6 heteroatoms. The fraction of sp³-hybridized carbons (Fsp3) is 1.00. The van der Waals surface area contributed by atoms with Gasteiger partial charge in [-0.3, -0.25) is 0 Å². The highest BCUT2D eigenvalue weighted by molar-refractivity contribution is 7.90. The molecule has 1 aliphatic heterocycles. The third-order valence-electron chi connectivity index (χ3n) is 2.53. The number of hydrogen-bond donors (Lipinski definition) is 0. The second-order valence-corrected chi connectivity index (χ2v) is 5.96. The van der Waals surface area contributed by atoms with Crippen LogP contribution in [-0.4, -0.2) is 55.6 Å². The molecule has 0 aliphatic carbocycles. The van der Waals surface area contributed by atoms with E-state index in [-0.39, 0.29) is 5.21 Å². The molecule has 0 atom stereocenters. The molecular weight excluding hydrogens is 224 g/mol. The van der Waals surface area contributed by atoms with Crippen LogP contribution >= 0.6 is 11.6 Å². The van der Waals surface area contributed by atoms with Crippen molar-refractivity contribution < 1.29 is 8.42 Å². The molecule has 1 saturated heterocycles. The van der Waals surface area contributed by atoms with Crippen LogP contribution in [0.5, 0.6) is 0 Å². The lowest BCUT2D eigenvalue weighted by Crippen LogP contribution is -2.35. The molecule has 14 heavy (non-hydrogen) atoms. The van der Waals surface area contributed by atoms with Crippen LogP contribution in [0.25, 0.3) is 0 Å². The van der Waals surface area contributed by atoms with E-state index in [1.807, 2.05) is 0 Å². The summed E-state index contributed by atoms with van der Waals surface area (Å²) in [5.74, 6) is 0. The van der Waals surface area contributed by atoms with Crippen LogP contribution in [0.3, 0.4) is 0 Å². The average molecular weight is 241 g/mol. The number of likely N-dealkylation sites (N-methyl/N-ethyl adjacent to an activating group) is 1. The quantitative estimate of drug-likeness (QED) is 0.677. The molecule has 1 rings (SSSR count). The Morgan fingerprint density at radius 3 is 2.50 bits per heavy atom. The summed E-state index contributed by atoms with van der Waals surface area (Å²) in [7, 11) is -3.20. The highest BCUT2D eigenvalue weighted by Gasteiger charge is 2.23. The van der Waals surface area contributed by atoms with E-state index in [0.29, 0.717) is 13.1 Å². The highest BCUT2D eigenvalue weighted by atomic mass is 35.5. The van der Waals surface area contributed by atoms with Crippen molar-refractivity contribution in [1.29, 1.82) is 0 Å². The van der Waals surface area contributed by atoms with Crippen molar-refractivity contribution in [2.24, 2.45) is 0 Å². The Hall–Kier alpha value is 0.160. The van der Waals surface area contributed by atoms with Crippen molar-refractivity contribution in [2.45, 2.75) is 13.3 Å². The van der Waals surface area contributed by atoms with Crippen molar-refractivity contribution in [2.75, 3.05) is 37.9 Å². The van der Waals surface area contributed by atoms with Gasteiger partial charge in [-0.15, -0.1) is 11.6 Å². The van der Waals surface area contributed by atoms with Gasteiger partial charge < -0.3 is 4.90 Å². The SMILES string of the molecule is CCN1CCCN(S(=O)(=O)CCl)CC1. The van der Waals surface area contributed by atoms with Gasteiger partial charge >= 0.3 is 0 Å². The average Bonchev–Trinajstić information content (AvgIpc) is 2.42. The van der Waals surface area contributed by atoms with E-state index in [1.165, 1.54) is 4.31 Å². The fourth-order valence-corrected chi connectivity index (χ4v) is 2.93. The van der Waals surface area contributed by atoms with Crippen LogP contribution in [0.4, 0.5) is 0 Å². The lowest BCUT2D eigenvalue weighted by atomic mass is 10.4. The monoisotopic (exact) mass is 240 g/mol. The largest absolute Gasteiger partial charge is 0.302 e. The van der Waals surface area contributed by atoms with E-state index < -0.39 is 10.0 Å². The Morgan fingerprint density at radius 2 is 1.93 bits per heavy atom. The number of sulfonamides is 1. The highest BCUT2D eigenvalue weighted by Crippen LogP contribution is 2.09. The van der Waals surface area contributed by atoms with Gasteiger partial charge in [0.05, 0.1) is 0 Å². The maximum atomic E-state index is 11.5. The van der Waals surface area contributed by atoms with Crippen molar-refractivity contribution in [1.82, 2.24) is 9.21 Å². The van der Waals surface area contributed by atoms with Crippen molar-refractivity contribution in [3.63, 3.8) is 0 Å². The molecule has 0 aromatic heterocycles. The topological polar surface area (TPSA) is 40.6 Å².